The Labute approximate surface area is 216 Å². The molecule has 1 aliphatic rings. The number of carbonyl (C=O) groups excluding carboxylic acids is 2. The number of hydrogen-bond acceptors (Lipinski definition) is 5. The molecule has 178 valence electrons. The molecule has 0 bridgehead atoms. The summed E-state index contributed by atoms with van der Waals surface area (Å²) in [5.41, 5.74) is 0.357. The van der Waals surface area contributed by atoms with Crippen molar-refractivity contribution in [3.63, 3.8) is 0 Å². The summed E-state index contributed by atoms with van der Waals surface area (Å²) in [6, 6.07) is 16.2. The SMILES string of the molecule is C[C@]1(C(=O)OCc2cccc3ccccc23)CC[C@@H](Oc2cc(C(=O)OI)c(Cl)cc2F)CC1. The van der Waals surface area contributed by atoms with Crippen LogP contribution in [-0.2, 0) is 19.2 Å². The van der Waals surface area contributed by atoms with Gasteiger partial charge in [-0.1, -0.05) is 54.1 Å². The highest BCUT2D eigenvalue weighted by atomic mass is 127. The predicted molar refractivity (Wildman–Crippen MR) is 136 cm³/mol. The molecule has 1 fully saturated rings. The van der Waals surface area contributed by atoms with Crippen molar-refractivity contribution < 1.29 is 26.5 Å². The zero-order chi connectivity index (χ0) is 24.3. The summed E-state index contributed by atoms with van der Waals surface area (Å²) in [4.78, 5) is 24.8. The van der Waals surface area contributed by atoms with Crippen molar-refractivity contribution in [2.75, 3.05) is 0 Å². The van der Waals surface area contributed by atoms with Gasteiger partial charge in [0, 0.05) is 0 Å². The van der Waals surface area contributed by atoms with Gasteiger partial charge < -0.3 is 12.5 Å². The molecule has 0 heterocycles. The molecule has 0 unspecified atom stereocenters. The molecule has 0 radical (unpaired) electrons. The molecule has 0 saturated heterocycles. The van der Waals surface area contributed by atoms with Gasteiger partial charge in [-0.15, -0.1) is 0 Å². The Bertz CT molecular complexity index is 1220. The van der Waals surface area contributed by atoms with Crippen LogP contribution in [0.4, 0.5) is 4.39 Å². The Balaban J connectivity index is 1.37. The van der Waals surface area contributed by atoms with E-state index in [1.54, 1.807) is 0 Å². The Morgan fingerprint density at radius 1 is 1.12 bits per heavy atom. The van der Waals surface area contributed by atoms with E-state index < -0.39 is 17.2 Å². The van der Waals surface area contributed by atoms with Gasteiger partial charge in [-0.25, -0.2) is 9.18 Å². The van der Waals surface area contributed by atoms with Crippen molar-refractivity contribution in [3.05, 3.63) is 76.6 Å². The van der Waals surface area contributed by atoms with Crippen molar-refractivity contribution in [1.82, 2.24) is 0 Å². The zero-order valence-electron chi connectivity index (χ0n) is 18.5. The van der Waals surface area contributed by atoms with Crippen LogP contribution in [0.1, 0.15) is 48.5 Å². The second-order valence-corrected chi connectivity index (χ2v) is 9.57. The summed E-state index contributed by atoms with van der Waals surface area (Å²) < 4.78 is 30.6. The van der Waals surface area contributed by atoms with Crippen LogP contribution in [0.25, 0.3) is 10.8 Å². The number of esters is 1. The first-order valence-corrected chi connectivity index (χ1v) is 12.2. The monoisotopic (exact) mass is 596 g/mol. The third-order valence-corrected chi connectivity index (χ3v) is 7.09. The first-order chi connectivity index (χ1) is 16.3. The van der Waals surface area contributed by atoms with Gasteiger partial charge in [0.05, 0.1) is 22.1 Å². The molecule has 0 aromatic heterocycles. The number of rotatable bonds is 6. The highest BCUT2D eigenvalue weighted by Crippen LogP contribution is 2.39. The molecule has 0 N–H and O–H groups in total. The second kappa shape index (κ2) is 10.5. The number of hydrogen-bond donors (Lipinski definition) is 0. The van der Waals surface area contributed by atoms with Gasteiger partial charge in [0.1, 0.15) is 6.61 Å². The van der Waals surface area contributed by atoms with E-state index in [1.807, 2.05) is 49.4 Å². The van der Waals surface area contributed by atoms with Gasteiger partial charge in [0.2, 0.25) is 0 Å². The average Bonchev–Trinajstić information content (AvgIpc) is 2.85. The van der Waals surface area contributed by atoms with E-state index >= 15 is 0 Å². The number of fused-ring (bicyclic) bond motifs is 1. The number of carbonyl (C=O) groups is 2. The molecule has 0 amide bonds. The largest absolute Gasteiger partial charge is 0.487 e. The summed E-state index contributed by atoms with van der Waals surface area (Å²) >= 11 is 7.39. The fourth-order valence-electron chi connectivity index (χ4n) is 4.28. The van der Waals surface area contributed by atoms with Gasteiger partial charge >= 0.3 is 11.9 Å². The standard InChI is InChI=1S/C26H23ClFIO5/c1-26(25(31)32-15-17-7-4-6-16-5-2-3-8-19(16)17)11-9-18(10-12-26)33-23-13-20(24(30)34-29)21(27)14-22(23)28/h2-8,13-14,18H,9-12,15H2,1H3/t18-,26+. The minimum Gasteiger partial charge on any atom is -0.487 e. The van der Waals surface area contributed by atoms with Crippen LogP contribution in [0.15, 0.2) is 54.6 Å². The van der Waals surface area contributed by atoms with E-state index in [1.165, 1.54) is 29.1 Å². The van der Waals surface area contributed by atoms with Crippen LogP contribution < -0.4 is 4.74 Å². The van der Waals surface area contributed by atoms with Crippen molar-refractivity contribution in [2.24, 2.45) is 5.41 Å². The smallest absolute Gasteiger partial charge is 0.349 e. The molecule has 3 aromatic carbocycles. The lowest BCUT2D eigenvalue weighted by atomic mass is 9.74. The van der Waals surface area contributed by atoms with Crippen molar-refractivity contribution in [3.8, 4) is 5.75 Å². The normalized spacial score (nSPS) is 20.1. The summed E-state index contributed by atoms with van der Waals surface area (Å²) in [5.74, 6) is -1.64. The van der Waals surface area contributed by atoms with Crippen LogP contribution in [0, 0.1) is 11.2 Å². The van der Waals surface area contributed by atoms with Gasteiger partial charge in [-0.05, 0) is 61.1 Å². The molecule has 3 aromatic rings. The highest BCUT2D eigenvalue weighted by molar-refractivity contribution is 14.1. The van der Waals surface area contributed by atoms with Crippen LogP contribution in [0.2, 0.25) is 5.02 Å². The highest BCUT2D eigenvalue weighted by Gasteiger charge is 2.40. The Morgan fingerprint density at radius 2 is 1.82 bits per heavy atom. The van der Waals surface area contributed by atoms with Crippen LogP contribution in [0.5, 0.6) is 5.75 Å². The number of halogens is 3. The van der Waals surface area contributed by atoms with Crippen LogP contribution in [0.3, 0.4) is 0 Å². The lowest BCUT2D eigenvalue weighted by molar-refractivity contribution is -0.159. The fraction of sp³-hybridized carbons (Fsp3) is 0.308. The summed E-state index contributed by atoms with van der Waals surface area (Å²) in [6.07, 6.45) is 1.90. The number of ether oxygens (including phenoxy) is 2. The molecule has 0 spiro atoms. The molecule has 8 heteroatoms. The molecular weight excluding hydrogens is 574 g/mol. The predicted octanol–water partition coefficient (Wildman–Crippen LogP) is 7.21. The summed E-state index contributed by atoms with van der Waals surface area (Å²) in [7, 11) is 0. The lowest BCUT2D eigenvalue weighted by Crippen LogP contribution is -2.37. The van der Waals surface area contributed by atoms with Crippen molar-refractivity contribution in [2.45, 2.75) is 45.3 Å². The van der Waals surface area contributed by atoms with E-state index in [2.05, 4.69) is 3.07 Å². The first kappa shape index (κ1) is 24.7. The van der Waals surface area contributed by atoms with E-state index in [-0.39, 0.29) is 35.0 Å². The average molecular weight is 597 g/mol. The van der Waals surface area contributed by atoms with Gasteiger partial charge in [0.25, 0.3) is 0 Å². The van der Waals surface area contributed by atoms with E-state index in [4.69, 9.17) is 21.1 Å². The Kier molecular flexibility index (Phi) is 7.62. The van der Waals surface area contributed by atoms with Crippen LogP contribution in [-0.4, -0.2) is 18.0 Å². The lowest BCUT2D eigenvalue weighted by Gasteiger charge is -2.35. The summed E-state index contributed by atoms with van der Waals surface area (Å²) in [5, 5.41) is 2.12. The van der Waals surface area contributed by atoms with Gasteiger partial charge in [0.15, 0.2) is 34.6 Å². The second-order valence-electron chi connectivity index (χ2n) is 8.72. The number of benzene rings is 3. The van der Waals surface area contributed by atoms with Gasteiger partial charge in [-0.3, -0.25) is 4.79 Å². The van der Waals surface area contributed by atoms with E-state index in [9.17, 15) is 14.0 Å². The molecule has 5 nitrogen and oxygen atoms in total. The fourth-order valence-corrected chi connectivity index (χ4v) is 4.75. The molecule has 4 rings (SSSR count). The molecule has 0 aliphatic heterocycles. The maximum atomic E-state index is 14.4. The third-order valence-electron chi connectivity index (χ3n) is 6.37. The molecule has 0 atom stereocenters. The topological polar surface area (TPSA) is 61.8 Å². The van der Waals surface area contributed by atoms with Gasteiger partial charge in [-0.2, -0.15) is 0 Å². The minimum absolute atomic E-state index is 0.0325. The maximum Gasteiger partial charge on any atom is 0.349 e. The van der Waals surface area contributed by atoms with Crippen molar-refractivity contribution in [1.29, 1.82) is 0 Å². The molecular formula is C26H23ClFIO5. The third kappa shape index (κ3) is 5.30. The minimum atomic E-state index is -0.680. The quantitative estimate of drug-likeness (QED) is 0.222. The molecule has 34 heavy (non-hydrogen) atoms. The Morgan fingerprint density at radius 3 is 2.56 bits per heavy atom. The molecule has 1 aliphatic carbocycles. The maximum absolute atomic E-state index is 14.4. The Hall–Kier alpha value is -2.39. The summed E-state index contributed by atoms with van der Waals surface area (Å²) in [6.45, 7) is 2.10. The van der Waals surface area contributed by atoms with Crippen LogP contribution >= 0.6 is 34.6 Å². The van der Waals surface area contributed by atoms with E-state index in [0.717, 1.165) is 22.4 Å². The zero-order valence-corrected chi connectivity index (χ0v) is 21.4. The molecule has 1 saturated carbocycles. The van der Waals surface area contributed by atoms with Crippen molar-refractivity contribution >= 4 is 57.3 Å². The first-order valence-electron chi connectivity index (χ1n) is 10.9. The van der Waals surface area contributed by atoms with E-state index in [0.29, 0.717) is 25.7 Å².